The lowest BCUT2D eigenvalue weighted by molar-refractivity contribution is -0.114. The summed E-state index contributed by atoms with van der Waals surface area (Å²) in [5, 5.41) is 6.74. The van der Waals surface area contributed by atoms with Gasteiger partial charge in [0.1, 0.15) is 11.5 Å². The largest absolute Gasteiger partial charge is 0.494 e. The molecule has 4 aromatic carbocycles. The molecule has 15 heteroatoms. The molecule has 0 fully saturated rings. The minimum atomic E-state index is -3.90. The number of nitrogens with zero attached hydrogens (tertiary/aromatic N) is 2. The summed E-state index contributed by atoms with van der Waals surface area (Å²) in [7, 11) is -3.90. The molecular formula is C34H30N6O6S3. The number of thioether (sulfide) groups is 2. The Morgan fingerprint density at radius 1 is 0.673 bits per heavy atom. The fourth-order valence-electron chi connectivity index (χ4n) is 5.45. The maximum atomic E-state index is 13.6. The van der Waals surface area contributed by atoms with Gasteiger partial charge in [0.25, 0.3) is 0 Å². The molecule has 0 saturated carbocycles. The molecule has 0 aliphatic carbocycles. The van der Waals surface area contributed by atoms with Crippen molar-refractivity contribution in [3.8, 4) is 22.6 Å². The Balaban J connectivity index is 0.974. The standard InChI is InChI=1S/C34H30N6O6S3/c1-3-45-21-7-11-25-27(15-21)39-33(37-25)47-17-31(41)35-19-5-9-23-24-10-6-20(14-30(24)49(43,44)29(23)13-19)36-32(42)18-48-34-38-26-12-8-22(46-4-2)16-28(26)40-34/h5-16H,3-4,17-18H2,1-2H3,(H,35,41)(H,36,42)(H,37,39)(H,38,40). The lowest BCUT2D eigenvalue weighted by Gasteiger charge is -2.07. The average Bonchev–Trinajstić information content (AvgIpc) is 3.75. The van der Waals surface area contributed by atoms with E-state index in [-0.39, 0.29) is 33.1 Å². The van der Waals surface area contributed by atoms with Crippen molar-refractivity contribution in [2.45, 2.75) is 34.0 Å². The minimum absolute atomic E-state index is 0.0642. The van der Waals surface area contributed by atoms with Gasteiger partial charge in [0.2, 0.25) is 21.7 Å². The summed E-state index contributed by atoms with van der Waals surface area (Å²) in [6.07, 6.45) is 0. The van der Waals surface area contributed by atoms with Crippen LogP contribution in [0.5, 0.6) is 11.5 Å². The lowest BCUT2D eigenvalue weighted by atomic mass is 10.0. The summed E-state index contributed by atoms with van der Waals surface area (Å²) in [5.41, 5.74) is 4.90. The van der Waals surface area contributed by atoms with Gasteiger partial charge in [-0.2, -0.15) is 0 Å². The first-order valence-corrected chi connectivity index (χ1v) is 18.8. The minimum Gasteiger partial charge on any atom is -0.494 e. The number of benzene rings is 4. The van der Waals surface area contributed by atoms with Crippen LogP contribution < -0.4 is 20.1 Å². The van der Waals surface area contributed by atoms with E-state index in [9.17, 15) is 18.0 Å². The number of ether oxygens (including phenoxy) is 2. The predicted molar refractivity (Wildman–Crippen MR) is 191 cm³/mol. The number of hydrogen-bond acceptors (Lipinski definition) is 10. The van der Waals surface area contributed by atoms with Crippen LogP contribution in [0.25, 0.3) is 33.2 Å². The molecule has 49 heavy (non-hydrogen) atoms. The van der Waals surface area contributed by atoms with Crippen molar-refractivity contribution in [2.24, 2.45) is 0 Å². The first-order valence-electron chi connectivity index (χ1n) is 15.3. The summed E-state index contributed by atoms with van der Waals surface area (Å²) < 4.78 is 38.3. The average molecular weight is 715 g/mol. The van der Waals surface area contributed by atoms with Crippen molar-refractivity contribution < 1.29 is 27.5 Å². The van der Waals surface area contributed by atoms with E-state index in [0.29, 0.717) is 46.0 Å². The number of nitrogens with one attached hydrogen (secondary N) is 4. The maximum Gasteiger partial charge on any atom is 0.234 e. The van der Waals surface area contributed by atoms with E-state index in [0.717, 1.165) is 33.6 Å². The van der Waals surface area contributed by atoms with Crippen molar-refractivity contribution in [2.75, 3.05) is 35.4 Å². The van der Waals surface area contributed by atoms with E-state index in [2.05, 4.69) is 30.6 Å². The second-order valence-electron chi connectivity index (χ2n) is 10.9. The summed E-state index contributed by atoms with van der Waals surface area (Å²) >= 11 is 2.47. The predicted octanol–water partition coefficient (Wildman–Crippen LogP) is 6.51. The third-order valence-corrected chi connectivity index (χ3v) is 11.1. The normalized spacial score (nSPS) is 12.9. The molecule has 0 saturated heterocycles. The number of carbonyl (C=O) groups excluding carboxylic acids is 2. The molecule has 250 valence electrons. The fraction of sp³-hybridized carbons (Fsp3) is 0.176. The van der Waals surface area contributed by atoms with E-state index in [1.165, 1.54) is 35.7 Å². The quantitative estimate of drug-likeness (QED) is 0.102. The molecule has 2 aromatic heterocycles. The smallest absolute Gasteiger partial charge is 0.234 e. The van der Waals surface area contributed by atoms with Gasteiger partial charge < -0.3 is 30.1 Å². The Morgan fingerprint density at radius 3 is 1.55 bits per heavy atom. The Kier molecular flexibility index (Phi) is 8.96. The third kappa shape index (κ3) is 6.82. The first kappa shape index (κ1) is 32.6. The number of hydrogen-bond donors (Lipinski definition) is 4. The molecule has 7 rings (SSSR count). The van der Waals surface area contributed by atoms with E-state index in [4.69, 9.17) is 9.47 Å². The molecule has 2 amide bonds. The zero-order chi connectivity index (χ0) is 34.1. The van der Waals surface area contributed by atoms with E-state index >= 15 is 0 Å². The first-order chi connectivity index (χ1) is 23.7. The van der Waals surface area contributed by atoms with Crippen molar-refractivity contribution in [1.29, 1.82) is 0 Å². The molecule has 12 nitrogen and oxygen atoms in total. The second kappa shape index (κ2) is 13.5. The number of imidazole rings is 2. The van der Waals surface area contributed by atoms with Crippen molar-refractivity contribution >= 4 is 78.6 Å². The Morgan fingerprint density at radius 2 is 1.12 bits per heavy atom. The van der Waals surface area contributed by atoms with Crippen LogP contribution in [0.15, 0.2) is 92.9 Å². The highest BCUT2D eigenvalue weighted by Gasteiger charge is 2.33. The Bertz CT molecular complexity index is 2200. The molecule has 6 aromatic rings. The molecule has 0 bridgehead atoms. The van der Waals surface area contributed by atoms with E-state index in [1.54, 1.807) is 24.3 Å². The van der Waals surface area contributed by atoms with Gasteiger partial charge >= 0.3 is 0 Å². The number of amides is 2. The highest BCUT2D eigenvalue weighted by Crippen LogP contribution is 2.45. The van der Waals surface area contributed by atoms with Crippen LogP contribution in [0.4, 0.5) is 11.4 Å². The number of carbonyl (C=O) groups is 2. The number of fused-ring (bicyclic) bond motifs is 5. The van der Waals surface area contributed by atoms with Gasteiger partial charge in [-0.3, -0.25) is 9.59 Å². The van der Waals surface area contributed by atoms with Gasteiger partial charge in [0.05, 0.1) is 56.6 Å². The Hall–Kier alpha value is -4.99. The van der Waals surface area contributed by atoms with Gasteiger partial charge in [-0.15, -0.1) is 0 Å². The molecular weight excluding hydrogens is 685 g/mol. The van der Waals surface area contributed by atoms with Crippen LogP contribution in [0.3, 0.4) is 0 Å². The zero-order valence-electron chi connectivity index (χ0n) is 26.3. The van der Waals surface area contributed by atoms with E-state index < -0.39 is 9.84 Å². The molecule has 0 radical (unpaired) electrons. The number of aromatic amines is 2. The second-order valence-corrected chi connectivity index (χ2v) is 14.7. The monoisotopic (exact) mass is 714 g/mol. The van der Waals surface area contributed by atoms with Crippen LogP contribution in [0, 0.1) is 0 Å². The third-order valence-electron chi connectivity index (χ3n) is 7.57. The zero-order valence-corrected chi connectivity index (χ0v) is 28.8. The van der Waals surface area contributed by atoms with Crippen LogP contribution in [-0.2, 0) is 19.4 Å². The van der Waals surface area contributed by atoms with Gasteiger partial charge in [0, 0.05) is 34.6 Å². The Labute approximate surface area is 289 Å². The number of H-pyrrole nitrogens is 2. The summed E-state index contributed by atoms with van der Waals surface area (Å²) in [6.45, 7) is 4.94. The summed E-state index contributed by atoms with van der Waals surface area (Å²) in [6, 6.07) is 20.7. The van der Waals surface area contributed by atoms with Crippen LogP contribution in [-0.4, -0.2) is 64.9 Å². The molecule has 1 aliphatic heterocycles. The highest BCUT2D eigenvalue weighted by atomic mass is 32.2. The lowest BCUT2D eigenvalue weighted by Crippen LogP contribution is -2.14. The van der Waals surface area contributed by atoms with Gasteiger partial charge in [-0.05, 0) is 62.4 Å². The van der Waals surface area contributed by atoms with Crippen LogP contribution in [0.1, 0.15) is 13.8 Å². The highest BCUT2D eigenvalue weighted by molar-refractivity contribution is 8.00. The molecule has 1 aliphatic rings. The van der Waals surface area contributed by atoms with Crippen LogP contribution in [0.2, 0.25) is 0 Å². The van der Waals surface area contributed by atoms with Gasteiger partial charge in [-0.1, -0.05) is 35.7 Å². The molecule has 0 spiro atoms. The van der Waals surface area contributed by atoms with Crippen molar-refractivity contribution in [3.63, 3.8) is 0 Å². The summed E-state index contributed by atoms with van der Waals surface area (Å²) in [4.78, 5) is 41.2. The number of aromatic nitrogens is 4. The van der Waals surface area contributed by atoms with Gasteiger partial charge in [0.15, 0.2) is 10.3 Å². The molecule has 4 N–H and O–H groups in total. The maximum absolute atomic E-state index is 13.6. The number of sulfone groups is 1. The summed E-state index contributed by atoms with van der Waals surface area (Å²) in [5.74, 6) is 0.968. The van der Waals surface area contributed by atoms with Crippen molar-refractivity contribution in [1.82, 2.24) is 19.9 Å². The van der Waals surface area contributed by atoms with Crippen molar-refractivity contribution in [3.05, 3.63) is 72.8 Å². The molecule has 3 heterocycles. The number of rotatable bonds is 12. The molecule has 0 atom stereocenters. The topological polar surface area (TPSA) is 168 Å². The number of anilines is 2. The fourth-order valence-corrected chi connectivity index (χ4v) is 8.56. The van der Waals surface area contributed by atoms with Gasteiger partial charge in [-0.25, -0.2) is 18.4 Å². The SMILES string of the molecule is CCOc1ccc2nc(SCC(=O)Nc3ccc4c(c3)S(=O)(=O)c3cc(NC(=O)CSc5nc6ccc(OCC)cc6[nH]5)ccc3-4)[nH]c2c1. The van der Waals surface area contributed by atoms with E-state index in [1.807, 2.05) is 50.2 Å². The molecule has 0 unspecified atom stereocenters. The van der Waals surface area contributed by atoms with Crippen LogP contribution >= 0.6 is 23.5 Å².